The van der Waals surface area contributed by atoms with Crippen LogP contribution in [0.3, 0.4) is 0 Å². The Kier molecular flexibility index (Phi) is 10.0. The van der Waals surface area contributed by atoms with Gasteiger partial charge in [0.25, 0.3) is 5.88 Å². The highest BCUT2D eigenvalue weighted by atomic mass is 32.1. The zero-order chi connectivity index (χ0) is 24.4. The summed E-state index contributed by atoms with van der Waals surface area (Å²) in [6.45, 7) is 10.0. The number of carboxylic acids is 1. The number of aromatic nitrogens is 2. The number of carboxylic acid groups (broad SMARTS) is 1. The first-order valence-corrected chi connectivity index (χ1v) is 11.1. The maximum absolute atomic E-state index is 12.5. The molecule has 1 saturated heterocycles. The van der Waals surface area contributed by atoms with Crippen molar-refractivity contribution in [3.63, 3.8) is 0 Å². The fourth-order valence-corrected chi connectivity index (χ4v) is 3.14. The predicted octanol–water partition coefficient (Wildman–Crippen LogP) is 0.626. The number of hydrogen-bond acceptors (Lipinski definition) is 12. The number of ether oxygens (including phenoxy) is 4. The van der Waals surface area contributed by atoms with Crippen molar-refractivity contribution in [2.75, 3.05) is 44.4 Å². The number of hydrogen-bond donors (Lipinski definition) is 2. The van der Waals surface area contributed by atoms with Crippen molar-refractivity contribution in [2.45, 2.75) is 45.4 Å². The standard InChI is InChI=1S/C20H30N4O8S/c1-13(31-16(27)6-5-15(25)26)19(28)32-14(11-21-20(2,3)4)12-30-18-17(22-33-23-18)24-7-9-29-10-8-24/h5-6,13-14,21H,7-12H2,1-4H3,(H,25,26)/b6-5-/t13-,14+/m1/s1. The van der Waals surface area contributed by atoms with Crippen molar-refractivity contribution < 1.29 is 38.4 Å². The van der Waals surface area contributed by atoms with E-state index in [0.717, 1.165) is 17.8 Å². The summed E-state index contributed by atoms with van der Waals surface area (Å²) in [6.07, 6.45) is -0.612. The predicted molar refractivity (Wildman–Crippen MR) is 118 cm³/mol. The number of nitrogens with one attached hydrogen (secondary N) is 1. The van der Waals surface area contributed by atoms with Gasteiger partial charge in [0.05, 0.1) is 24.9 Å². The lowest BCUT2D eigenvalue weighted by molar-refractivity contribution is -0.168. The first-order valence-electron chi connectivity index (χ1n) is 10.4. The third-order valence-corrected chi connectivity index (χ3v) is 4.79. The Balaban J connectivity index is 1.98. The van der Waals surface area contributed by atoms with Gasteiger partial charge >= 0.3 is 17.9 Å². The van der Waals surface area contributed by atoms with Gasteiger partial charge in [-0.3, -0.25) is 0 Å². The van der Waals surface area contributed by atoms with Gasteiger partial charge in [-0.1, -0.05) is 0 Å². The van der Waals surface area contributed by atoms with Crippen LogP contribution < -0.4 is 15.0 Å². The van der Waals surface area contributed by atoms with Gasteiger partial charge in [0.15, 0.2) is 6.10 Å². The molecule has 1 aliphatic rings. The molecule has 0 aromatic carbocycles. The Hall–Kier alpha value is -2.77. The maximum atomic E-state index is 12.5. The van der Waals surface area contributed by atoms with Crippen LogP contribution >= 0.6 is 11.7 Å². The van der Waals surface area contributed by atoms with Crippen LogP contribution in [0.1, 0.15) is 27.7 Å². The monoisotopic (exact) mass is 486 g/mol. The molecule has 2 atom stereocenters. The van der Waals surface area contributed by atoms with E-state index < -0.39 is 30.1 Å². The lowest BCUT2D eigenvalue weighted by Gasteiger charge is -2.28. The average molecular weight is 487 g/mol. The summed E-state index contributed by atoms with van der Waals surface area (Å²) in [6, 6.07) is 0. The molecule has 0 saturated carbocycles. The normalized spacial score (nSPS) is 16.3. The molecule has 1 aromatic rings. The number of nitrogens with zero attached hydrogens (tertiary/aromatic N) is 3. The first-order chi connectivity index (χ1) is 15.5. The molecule has 12 nitrogen and oxygen atoms in total. The van der Waals surface area contributed by atoms with Gasteiger partial charge < -0.3 is 34.3 Å². The molecule has 33 heavy (non-hydrogen) atoms. The van der Waals surface area contributed by atoms with Crippen LogP contribution in [-0.2, 0) is 28.6 Å². The Morgan fingerprint density at radius 1 is 1.21 bits per heavy atom. The maximum Gasteiger partial charge on any atom is 0.347 e. The van der Waals surface area contributed by atoms with E-state index in [-0.39, 0.29) is 18.7 Å². The van der Waals surface area contributed by atoms with Gasteiger partial charge in [-0.25, -0.2) is 14.4 Å². The van der Waals surface area contributed by atoms with Crippen molar-refractivity contribution in [1.29, 1.82) is 0 Å². The summed E-state index contributed by atoms with van der Waals surface area (Å²) in [4.78, 5) is 36.6. The van der Waals surface area contributed by atoms with E-state index >= 15 is 0 Å². The molecule has 1 fully saturated rings. The molecule has 0 bridgehead atoms. The molecule has 184 valence electrons. The Labute approximate surface area is 196 Å². The summed E-state index contributed by atoms with van der Waals surface area (Å²) in [5.41, 5.74) is -0.245. The molecule has 0 radical (unpaired) electrons. The van der Waals surface area contributed by atoms with E-state index in [1.807, 2.05) is 25.7 Å². The SMILES string of the molecule is C[C@@H](OC(=O)/C=C\C(=O)O)C(=O)O[C@@H](CNC(C)(C)C)COc1nsnc1N1CCOCC1. The molecule has 13 heteroatoms. The number of anilines is 1. The lowest BCUT2D eigenvalue weighted by Crippen LogP contribution is -2.45. The van der Waals surface area contributed by atoms with Crippen molar-refractivity contribution in [1.82, 2.24) is 14.1 Å². The second kappa shape index (κ2) is 12.5. The van der Waals surface area contributed by atoms with E-state index in [4.69, 9.17) is 24.1 Å². The highest BCUT2D eigenvalue weighted by Gasteiger charge is 2.26. The topological polar surface area (TPSA) is 149 Å². The fraction of sp³-hybridized carbons (Fsp3) is 0.650. The number of carbonyl (C=O) groups is 3. The summed E-state index contributed by atoms with van der Waals surface area (Å²) in [5.74, 6) is -2.10. The molecule has 2 N–H and O–H groups in total. The minimum absolute atomic E-state index is 0.00282. The third kappa shape index (κ3) is 9.72. The molecule has 1 aliphatic heterocycles. The van der Waals surface area contributed by atoms with Crippen LogP contribution in [0.15, 0.2) is 12.2 Å². The zero-order valence-electron chi connectivity index (χ0n) is 19.1. The molecule has 0 amide bonds. The summed E-state index contributed by atoms with van der Waals surface area (Å²) < 4.78 is 30.1. The van der Waals surface area contributed by atoms with Crippen molar-refractivity contribution in [3.05, 3.63) is 12.2 Å². The van der Waals surface area contributed by atoms with Crippen LogP contribution in [0.5, 0.6) is 5.88 Å². The van der Waals surface area contributed by atoms with Crippen LogP contribution in [0, 0.1) is 0 Å². The molecule has 0 aliphatic carbocycles. The van der Waals surface area contributed by atoms with E-state index in [0.29, 0.717) is 44.1 Å². The Morgan fingerprint density at radius 2 is 1.91 bits per heavy atom. The van der Waals surface area contributed by atoms with Gasteiger partial charge in [-0.2, -0.15) is 4.37 Å². The number of morpholine rings is 1. The third-order valence-electron chi connectivity index (χ3n) is 4.29. The Bertz CT molecular complexity index is 832. The van der Waals surface area contributed by atoms with E-state index in [1.165, 1.54) is 6.92 Å². The summed E-state index contributed by atoms with van der Waals surface area (Å²) >= 11 is 1.02. The second-order valence-electron chi connectivity index (χ2n) is 8.24. The number of esters is 2. The van der Waals surface area contributed by atoms with Crippen LogP contribution in [-0.4, -0.2) is 89.0 Å². The Morgan fingerprint density at radius 3 is 2.55 bits per heavy atom. The van der Waals surface area contributed by atoms with Gasteiger partial charge in [-0.05, 0) is 27.7 Å². The minimum Gasteiger partial charge on any atom is -0.478 e. The van der Waals surface area contributed by atoms with Crippen LogP contribution in [0.25, 0.3) is 0 Å². The van der Waals surface area contributed by atoms with E-state index in [2.05, 4.69) is 14.1 Å². The molecule has 0 unspecified atom stereocenters. The summed E-state index contributed by atoms with van der Waals surface area (Å²) in [5, 5.41) is 11.8. The average Bonchev–Trinajstić information content (AvgIpc) is 3.22. The molecule has 2 rings (SSSR count). The van der Waals surface area contributed by atoms with Crippen molar-refractivity contribution in [2.24, 2.45) is 0 Å². The highest BCUT2D eigenvalue weighted by molar-refractivity contribution is 6.99. The highest BCUT2D eigenvalue weighted by Crippen LogP contribution is 2.26. The second-order valence-corrected chi connectivity index (χ2v) is 8.77. The van der Waals surface area contributed by atoms with Gasteiger partial charge in [0.1, 0.15) is 12.7 Å². The summed E-state index contributed by atoms with van der Waals surface area (Å²) in [7, 11) is 0. The number of rotatable bonds is 11. The van der Waals surface area contributed by atoms with Gasteiger partial charge in [0.2, 0.25) is 5.82 Å². The first kappa shape index (κ1) is 26.5. The molecule has 1 aromatic heterocycles. The van der Waals surface area contributed by atoms with Crippen molar-refractivity contribution in [3.8, 4) is 5.88 Å². The van der Waals surface area contributed by atoms with Crippen LogP contribution in [0.4, 0.5) is 5.82 Å². The number of carbonyl (C=O) groups excluding carboxylic acids is 2. The van der Waals surface area contributed by atoms with Crippen LogP contribution in [0.2, 0.25) is 0 Å². The molecular weight excluding hydrogens is 456 g/mol. The van der Waals surface area contributed by atoms with Gasteiger partial charge in [-0.15, -0.1) is 4.37 Å². The number of aliphatic carboxylic acids is 1. The fourth-order valence-electron chi connectivity index (χ4n) is 2.62. The quantitative estimate of drug-likeness (QED) is 0.333. The van der Waals surface area contributed by atoms with Gasteiger partial charge in [0, 0.05) is 37.3 Å². The molecular formula is C20H30N4O8S. The molecule has 2 heterocycles. The van der Waals surface area contributed by atoms with Crippen molar-refractivity contribution >= 4 is 35.5 Å². The minimum atomic E-state index is -1.30. The lowest BCUT2D eigenvalue weighted by atomic mass is 10.1. The smallest absolute Gasteiger partial charge is 0.347 e. The molecule has 0 spiro atoms. The van der Waals surface area contributed by atoms with E-state index in [1.54, 1.807) is 0 Å². The largest absolute Gasteiger partial charge is 0.478 e. The van der Waals surface area contributed by atoms with E-state index in [9.17, 15) is 14.4 Å². The zero-order valence-corrected chi connectivity index (χ0v) is 19.9.